The number of thioether (sulfide) groups is 1. The second-order valence-electron chi connectivity index (χ2n) is 5.18. The van der Waals surface area contributed by atoms with Gasteiger partial charge in [0.05, 0.1) is 11.4 Å². The van der Waals surface area contributed by atoms with E-state index in [0.717, 1.165) is 36.0 Å². The lowest BCUT2D eigenvalue weighted by atomic mass is 10.2. The summed E-state index contributed by atoms with van der Waals surface area (Å²) in [6.07, 6.45) is 0. The molecule has 0 radical (unpaired) electrons. The van der Waals surface area contributed by atoms with Crippen LogP contribution in [0.25, 0.3) is 16.3 Å². The summed E-state index contributed by atoms with van der Waals surface area (Å²) in [7, 11) is 0. The third-order valence-corrected chi connectivity index (χ3v) is 6.79. The monoisotopic (exact) mass is 399 g/mol. The summed E-state index contributed by atoms with van der Waals surface area (Å²) < 4.78 is 3.54. The Bertz CT molecular complexity index is 1020. The summed E-state index contributed by atoms with van der Waals surface area (Å²) in [5, 5.41) is 7.80. The minimum absolute atomic E-state index is 0.761. The highest BCUT2D eigenvalue weighted by molar-refractivity contribution is 8.00. The van der Waals surface area contributed by atoms with Crippen LogP contribution in [0.2, 0.25) is 0 Å². The molecule has 4 aromatic rings. The summed E-state index contributed by atoms with van der Waals surface area (Å²) >= 11 is 10.3. The van der Waals surface area contributed by atoms with Gasteiger partial charge < -0.3 is 0 Å². The van der Waals surface area contributed by atoms with Crippen molar-refractivity contribution >= 4 is 46.7 Å². The Balaban J connectivity index is 1.48. The van der Waals surface area contributed by atoms with Gasteiger partial charge in [-0.3, -0.25) is 0 Å². The Morgan fingerprint density at radius 1 is 1.00 bits per heavy atom. The van der Waals surface area contributed by atoms with Crippen LogP contribution in [-0.4, -0.2) is 14.8 Å². The number of aromatic nitrogens is 3. The van der Waals surface area contributed by atoms with E-state index in [1.807, 2.05) is 53.2 Å². The Hall–Kier alpha value is -1.80. The average molecular weight is 400 g/mol. The summed E-state index contributed by atoms with van der Waals surface area (Å²) in [6.45, 7) is 0. The Kier molecular flexibility index (Phi) is 5.07. The van der Waals surface area contributed by atoms with Gasteiger partial charge in [-0.1, -0.05) is 71.6 Å². The molecule has 0 bridgehead atoms. The van der Waals surface area contributed by atoms with Crippen molar-refractivity contribution in [1.29, 1.82) is 0 Å². The lowest BCUT2D eigenvalue weighted by Crippen LogP contribution is -1.95. The highest BCUT2D eigenvalue weighted by Crippen LogP contribution is 2.29. The molecule has 0 saturated heterocycles. The fourth-order valence-corrected chi connectivity index (χ4v) is 5.46. The maximum Gasteiger partial charge on any atom is 0.184 e. The van der Waals surface area contributed by atoms with Crippen LogP contribution in [0.5, 0.6) is 0 Å². The van der Waals surface area contributed by atoms with Crippen LogP contribution in [0.3, 0.4) is 0 Å². The molecule has 2 aromatic heterocycles. The number of nitrogens with zero attached hydrogens (tertiary/aromatic N) is 3. The van der Waals surface area contributed by atoms with Crippen molar-refractivity contribution in [3.63, 3.8) is 0 Å². The van der Waals surface area contributed by atoms with Crippen LogP contribution >= 0.6 is 46.7 Å². The number of hydrogen-bond donors (Lipinski definition) is 0. The van der Waals surface area contributed by atoms with Gasteiger partial charge in [0.1, 0.15) is 5.01 Å². The van der Waals surface area contributed by atoms with E-state index in [0.29, 0.717) is 0 Å². The van der Waals surface area contributed by atoms with E-state index < -0.39 is 0 Å². The molecule has 7 heteroatoms. The normalized spacial score (nSPS) is 10.9. The van der Waals surface area contributed by atoms with Gasteiger partial charge in [0.2, 0.25) is 0 Å². The maximum atomic E-state index is 5.45. The lowest BCUT2D eigenvalue weighted by Gasteiger charge is -1.98. The van der Waals surface area contributed by atoms with Crippen LogP contribution in [0.15, 0.2) is 70.4 Å². The molecule has 2 heterocycles. The van der Waals surface area contributed by atoms with Crippen molar-refractivity contribution in [2.45, 2.75) is 10.1 Å². The van der Waals surface area contributed by atoms with E-state index in [-0.39, 0.29) is 0 Å². The molecule has 0 unspecified atom stereocenters. The quantitative estimate of drug-likeness (QED) is 0.301. The largest absolute Gasteiger partial charge is 0.240 e. The van der Waals surface area contributed by atoms with Crippen molar-refractivity contribution < 1.29 is 0 Å². The van der Waals surface area contributed by atoms with Crippen LogP contribution in [0, 0.1) is 3.95 Å². The first-order valence-electron chi connectivity index (χ1n) is 7.58. The molecule has 0 saturated carbocycles. The minimum atomic E-state index is 0.761. The third-order valence-electron chi connectivity index (χ3n) is 3.45. The standard InChI is InChI=1S/C18H13N3S4/c22-18-21(15-9-5-2-6-10-15)20-17(25-18)24-12-14-11-23-16(19-14)13-7-3-1-4-8-13/h1-11H,12H2. The second kappa shape index (κ2) is 7.61. The van der Waals surface area contributed by atoms with Crippen LogP contribution < -0.4 is 0 Å². The van der Waals surface area contributed by atoms with E-state index in [4.69, 9.17) is 17.2 Å². The van der Waals surface area contributed by atoms with E-state index in [1.54, 1.807) is 23.1 Å². The Morgan fingerprint density at radius 3 is 2.48 bits per heavy atom. The fourth-order valence-electron chi connectivity index (χ4n) is 2.27. The molecule has 3 nitrogen and oxygen atoms in total. The fraction of sp³-hybridized carbons (Fsp3) is 0.0556. The van der Waals surface area contributed by atoms with E-state index in [9.17, 15) is 0 Å². The van der Waals surface area contributed by atoms with Crippen molar-refractivity contribution in [3.8, 4) is 16.3 Å². The van der Waals surface area contributed by atoms with Crippen molar-refractivity contribution in [1.82, 2.24) is 14.8 Å². The molecule has 0 fully saturated rings. The molecule has 0 spiro atoms. The van der Waals surface area contributed by atoms with Gasteiger partial charge in [-0.25, -0.2) is 9.67 Å². The molecule has 0 N–H and O–H groups in total. The third kappa shape index (κ3) is 3.90. The van der Waals surface area contributed by atoms with E-state index in [2.05, 4.69) is 22.6 Å². The first kappa shape index (κ1) is 16.7. The van der Waals surface area contributed by atoms with Gasteiger partial charge >= 0.3 is 0 Å². The molecular weight excluding hydrogens is 386 g/mol. The predicted octanol–water partition coefficient (Wildman–Crippen LogP) is 6.08. The second-order valence-corrected chi connectivity index (χ2v) is 8.88. The molecule has 4 rings (SSSR count). The van der Waals surface area contributed by atoms with Gasteiger partial charge in [0.15, 0.2) is 8.29 Å². The molecule has 25 heavy (non-hydrogen) atoms. The molecule has 0 aliphatic heterocycles. The molecule has 0 amide bonds. The summed E-state index contributed by atoms with van der Waals surface area (Å²) in [4.78, 5) is 4.72. The first-order valence-corrected chi connectivity index (χ1v) is 10.7. The van der Waals surface area contributed by atoms with Crippen LogP contribution in [0.4, 0.5) is 0 Å². The number of rotatable bonds is 5. The van der Waals surface area contributed by atoms with Gasteiger partial charge in [0, 0.05) is 16.7 Å². The molecule has 124 valence electrons. The average Bonchev–Trinajstić information content (AvgIpc) is 3.28. The zero-order valence-electron chi connectivity index (χ0n) is 13.0. The Morgan fingerprint density at radius 2 is 1.72 bits per heavy atom. The number of thiazole rings is 1. The number of para-hydroxylation sites is 1. The molecule has 0 atom stereocenters. The van der Waals surface area contributed by atoms with Gasteiger partial charge in [-0.2, -0.15) is 0 Å². The summed E-state index contributed by atoms with van der Waals surface area (Å²) in [5.74, 6) is 0.792. The zero-order chi connectivity index (χ0) is 17.1. The predicted molar refractivity (Wildman–Crippen MR) is 109 cm³/mol. The summed E-state index contributed by atoms with van der Waals surface area (Å²) in [6, 6.07) is 20.3. The summed E-state index contributed by atoms with van der Waals surface area (Å²) in [5.41, 5.74) is 3.23. The van der Waals surface area contributed by atoms with E-state index in [1.165, 1.54) is 11.3 Å². The zero-order valence-corrected chi connectivity index (χ0v) is 16.3. The lowest BCUT2D eigenvalue weighted by molar-refractivity contribution is 0.829. The van der Waals surface area contributed by atoms with Crippen molar-refractivity contribution in [2.24, 2.45) is 0 Å². The van der Waals surface area contributed by atoms with Gasteiger partial charge in [-0.05, 0) is 24.4 Å². The Labute approximate surface area is 163 Å². The first-order chi connectivity index (χ1) is 12.3. The van der Waals surface area contributed by atoms with Crippen LogP contribution in [0.1, 0.15) is 5.69 Å². The molecular formula is C18H13N3S4. The topological polar surface area (TPSA) is 30.7 Å². The highest BCUT2D eigenvalue weighted by Gasteiger charge is 2.09. The van der Waals surface area contributed by atoms with Crippen LogP contribution in [-0.2, 0) is 5.75 Å². The molecule has 0 aliphatic carbocycles. The van der Waals surface area contributed by atoms with Crippen molar-refractivity contribution in [3.05, 3.63) is 75.7 Å². The van der Waals surface area contributed by atoms with Crippen molar-refractivity contribution in [2.75, 3.05) is 0 Å². The van der Waals surface area contributed by atoms with Gasteiger partial charge in [-0.15, -0.1) is 16.4 Å². The SMILES string of the molecule is S=c1sc(SCc2csc(-c3ccccc3)n2)nn1-c1ccccc1. The van der Waals surface area contributed by atoms with E-state index >= 15 is 0 Å². The number of hydrogen-bond acceptors (Lipinski definition) is 6. The van der Waals surface area contributed by atoms with Gasteiger partial charge in [0.25, 0.3) is 0 Å². The maximum absolute atomic E-state index is 5.45. The number of benzene rings is 2. The minimum Gasteiger partial charge on any atom is -0.240 e. The highest BCUT2D eigenvalue weighted by atomic mass is 32.2. The molecule has 2 aromatic carbocycles. The molecule has 0 aliphatic rings. The smallest absolute Gasteiger partial charge is 0.184 e.